The highest BCUT2D eigenvalue weighted by Crippen LogP contribution is 2.29. The van der Waals surface area contributed by atoms with E-state index in [0.29, 0.717) is 45.2 Å². The molecule has 1 fully saturated rings. The average Bonchev–Trinajstić information content (AvgIpc) is 2.95. The van der Waals surface area contributed by atoms with Gasteiger partial charge in [0.15, 0.2) is 0 Å². The highest BCUT2D eigenvalue weighted by molar-refractivity contribution is 7.09. The Morgan fingerprint density at radius 2 is 1.88 bits per heavy atom. The van der Waals surface area contributed by atoms with Gasteiger partial charge in [0.1, 0.15) is 5.75 Å². The molecule has 1 aromatic carbocycles. The second-order valence-electron chi connectivity index (χ2n) is 7.75. The van der Waals surface area contributed by atoms with Crippen LogP contribution in [-0.4, -0.2) is 38.2 Å². The van der Waals surface area contributed by atoms with E-state index in [1.54, 1.807) is 19.2 Å². The van der Waals surface area contributed by atoms with Gasteiger partial charge in [-0.1, -0.05) is 48.6 Å². The van der Waals surface area contributed by atoms with Gasteiger partial charge < -0.3 is 25.8 Å². The number of aromatic amines is 1. The third kappa shape index (κ3) is 6.26. The van der Waals surface area contributed by atoms with Gasteiger partial charge in [-0.3, -0.25) is 9.78 Å². The molecule has 0 saturated heterocycles. The zero-order chi connectivity index (χ0) is 23.2. The van der Waals surface area contributed by atoms with E-state index in [1.165, 1.54) is 25.7 Å². The Morgan fingerprint density at radius 3 is 2.55 bits per heavy atom. The fourth-order valence-electron chi connectivity index (χ4n) is 3.69. The second-order valence-corrected chi connectivity index (χ2v) is 9.23. The van der Waals surface area contributed by atoms with Crippen molar-refractivity contribution in [3.05, 3.63) is 37.8 Å². The van der Waals surface area contributed by atoms with Crippen LogP contribution in [0.1, 0.15) is 43.4 Å². The summed E-state index contributed by atoms with van der Waals surface area (Å²) in [5, 5.41) is 20.0. The van der Waals surface area contributed by atoms with E-state index in [0.717, 1.165) is 24.2 Å². The van der Waals surface area contributed by atoms with Crippen LogP contribution in [0.3, 0.4) is 0 Å². The van der Waals surface area contributed by atoms with Gasteiger partial charge >= 0.3 is 4.87 Å². The lowest BCUT2D eigenvalue weighted by atomic mass is 10.1. The van der Waals surface area contributed by atoms with Crippen LogP contribution >= 0.6 is 22.9 Å². The van der Waals surface area contributed by atoms with Gasteiger partial charge in [0.05, 0.1) is 23.6 Å². The van der Waals surface area contributed by atoms with E-state index in [9.17, 15) is 9.90 Å². The molecule has 0 bridgehead atoms. The minimum Gasteiger partial charge on any atom is -0.495 e. The molecule has 33 heavy (non-hydrogen) atoms. The van der Waals surface area contributed by atoms with Gasteiger partial charge in [0.25, 0.3) is 0 Å². The topological polar surface area (TPSA) is 137 Å². The molecule has 0 amide bonds. The van der Waals surface area contributed by atoms with Crippen molar-refractivity contribution in [1.29, 1.82) is 0 Å². The minimum atomic E-state index is -0.325. The Morgan fingerprint density at radius 1 is 1.15 bits per heavy atom. The van der Waals surface area contributed by atoms with Crippen LogP contribution in [0, 0.1) is 0 Å². The maximum absolute atomic E-state index is 11.5. The molecular weight excluding hydrogens is 466 g/mol. The predicted molar refractivity (Wildman–Crippen MR) is 130 cm³/mol. The van der Waals surface area contributed by atoms with Gasteiger partial charge in [-0.2, -0.15) is 15.0 Å². The van der Waals surface area contributed by atoms with Gasteiger partial charge in [-0.25, -0.2) is 0 Å². The number of hydrogen-bond acceptors (Lipinski definition) is 10. The number of anilines is 4. The third-order valence-electron chi connectivity index (χ3n) is 5.34. The molecule has 0 atom stereocenters. The summed E-state index contributed by atoms with van der Waals surface area (Å²) in [6, 6.07) is 5.59. The van der Waals surface area contributed by atoms with Gasteiger partial charge in [0.2, 0.25) is 23.7 Å². The molecule has 2 aromatic heterocycles. The van der Waals surface area contributed by atoms with Crippen molar-refractivity contribution in [2.24, 2.45) is 0 Å². The minimum absolute atomic E-state index is 0.158. The van der Waals surface area contributed by atoms with Gasteiger partial charge in [-0.05, 0) is 31.0 Å². The summed E-state index contributed by atoms with van der Waals surface area (Å²) in [5.41, 5.74) is 0.694. The fourth-order valence-corrected chi connectivity index (χ4v) is 4.61. The Labute approximate surface area is 199 Å². The first kappa shape index (κ1) is 23.1. The van der Waals surface area contributed by atoms with E-state index >= 15 is 0 Å². The first-order valence-electron chi connectivity index (χ1n) is 10.8. The van der Waals surface area contributed by atoms with Crippen molar-refractivity contribution in [2.75, 3.05) is 23.1 Å². The maximum Gasteiger partial charge on any atom is 0.307 e. The third-order valence-corrected chi connectivity index (χ3v) is 6.51. The quantitative estimate of drug-likeness (QED) is 0.289. The monoisotopic (exact) mass is 491 g/mol. The molecule has 5 N–H and O–H groups in total. The van der Waals surface area contributed by atoms with Crippen LogP contribution in [0.15, 0.2) is 23.0 Å². The van der Waals surface area contributed by atoms with E-state index < -0.39 is 0 Å². The lowest BCUT2D eigenvalue weighted by molar-refractivity contribution is 0.415. The maximum atomic E-state index is 11.5. The first-order chi connectivity index (χ1) is 16.0. The number of aromatic hydroxyl groups is 1. The highest BCUT2D eigenvalue weighted by Gasteiger charge is 2.16. The van der Waals surface area contributed by atoms with E-state index in [2.05, 4.69) is 35.9 Å². The number of rotatable bonds is 8. The van der Waals surface area contributed by atoms with Crippen LogP contribution in [0.25, 0.3) is 0 Å². The molecule has 0 spiro atoms. The molecule has 3 aromatic rings. The molecular formula is C21H26ClN7O3S. The number of methoxy groups -OCH3 is 1. The van der Waals surface area contributed by atoms with Crippen LogP contribution in [0.4, 0.5) is 23.5 Å². The molecule has 0 aliphatic heterocycles. The standard InChI is InChI=1S/C21H26ClN7O3S/c1-32-15-9-8-13(10-14(15)22)25-20-28-18(23-11-16-17(30)26-21(31)33-16)27-19(29-20)24-12-6-4-2-3-5-7-12/h8-10,12,30H,2-7,11H2,1H3,(H,26,31)(H3,23,24,25,27,28,29). The van der Waals surface area contributed by atoms with Crippen molar-refractivity contribution >= 4 is 46.5 Å². The van der Waals surface area contributed by atoms with Crippen molar-refractivity contribution in [1.82, 2.24) is 19.9 Å². The summed E-state index contributed by atoms with van der Waals surface area (Å²) >= 11 is 7.17. The molecule has 4 rings (SSSR count). The van der Waals surface area contributed by atoms with E-state index in [1.807, 2.05) is 6.07 Å². The Balaban J connectivity index is 1.56. The summed E-state index contributed by atoms with van der Waals surface area (Å²) < 4.78 is 5.20. The molecule has 176 valence electrons. The fraction of sp³-hybridized carbons (Fsp3) is 0.429. The smallest absolute Gasteiger partial charge is 0.307 e. The Bertz CT molecular complexity index is 1150. The summed E-state index contributed by atoms with van der Waals surface area (Å²) in [7, 11) is 1.56. The van der Waals surface area contributed by atoms with E-state index in [-0.39, 0.29) is 17.3 Å². The predicted octanol–water partition coefficient (Wildman–Crippen LogP) is 4.48. The number of ether oxygens (including phenoxy) is 1. The number of halogens is 1. The molecule has 1 aliphatic rings. The average molecular weight is 492 g/mol. The van der Waals surface area contributed by atoms with Crippen LogP contribution in [-0.2, 0) is 6.54 Å². The number of nitrogens with one attached hydrogen (secondary N) is 4. The molecule has 1 saturated carbocycles. The number of thiazole rings is 1. The SMILES string of the molecule is COc1ccc(Nc2nc(NCc3sc(=O)[nH]c3O)nc(NC3CCCCCC3)n2)cc1Cl. The zero-order valence-electron chi connectivity index (χ0n) is 18.2. The lowest BCUT2D eigenvalue weighted by Crippen LogP contribution is -2.21. The molecule has 0 radical (unpaired) electrons. The van der Waals surface area contributed by atoms with Crippen LogP contribution < -0.4 is 25.6 Å². The number of aromatic nitrogens is 4. The molecule has 1 aliphatic carbocycles. The van der Waals surface area contributed by atoms with Crippen molar-refractivity contribution < 1.29 is 9.84 Å². The van der Waals surface area contributed by atoms with Crippen molar-refractivity contribution in [3.8, 4) is 11.6 Å². The van der Waals surface area contributed by atoms with Crippen LogP contribution in [0.5, 0.6) is 11.6 Å². The zero-order valence-corrected chi connectivity index (χ0v) is 19.7. The summed E-state index contributed by atoms with van der Waals surface area (Å²) in [6.45, 7) is 0.190. The highest BCUT2D eigenvalue weighted by atomic mass is 35.5. The van der Waals surface area contributed by atoms with Gasteiger partial charge in [-0.15, -0.1) is 0 Å². The molecule has 12 heteroatoms. The summed E-state index contributed by atoms with van der Waals surface area (Å²) in [4.78, 5) is 27.4. The Hall–Kier alpha value is -3.05. The largest absolute Gasteiger partial charge is 0.495 e. The summed E-state index contributed by atoms with van der Waals surface area (Å²) in [5.74, 6) is 1.50. The number of H-pyrrole nitrogens is 1. The molecule has 0 unspecified atom stereocenters. The van der Waals surface area contributed by atoms with Crippen LogP contribution in [0.2, 0.25) is 5.02 Å². The van der Waals surface area contributed by atoms with E-state index in [4.69, 9.17) is 16.3 Å². The van der Waals surface area contributed by atoms with Crippen molar-refractivity contribution in [2.45, 2.75) is 51.1 Å². The molecule has 2 heterocycles. The lowest BCUT2D eigenvalue weighted by Gasteiger charge is -2.17. The second kappa shape index (κ2) is 10.7. The normalized spacial score (nSPS) is 14.5. The number of benzene rings is 1. The number of hydrogen-bond donors (Lipinski definition) is 5. The first-order valence-corrected chi connectivity index (χ1v) is 12.0. The van der Waals surface area contributed by atoms with Gasteiger partial charge in [0, 0.05) is 11.7 Å². The van der Waals surface area contributed by atoms with Crippen molar-refractivity contribution in [3.63, 3.8) is 0 Å². The Kier molecular flexibility index (Phi) is 7.50. The molecule has 10 nitrogen and oxygen atoms in total. The summed E-state index contributed by atoms with van der Waals surface area (Å²) in [6.07, 6.45) is 6.98. The number of nitrogens with zero attached hydrogens (tertiary/aromatic N) is 3.